The SMILES string of the molecule is C=Cc1ccnc(-c2cccc(-c3cc(C=C)ccn3)n2)c1.O=C=O.O=C=O.O=C=O. The van der Waals surface area contributed by atoms with Crippen LogP contribution in [0.5, 0.6) is 0 Å². The molecule has 0 saturated carbocycles. The lowest BCUT2D eigenvalue weighted by Gasteiger charge is -2.05. The summed E-state index contributed by atoms with van der Waals surface area (Å²) < 4.78 is 0. The Balaban J connectivity index is 0.000000864. The Morgan fingerprint density at radius 1 is 0.613 bits per heavy atom. The fraction of sp³-hybridized carbons (Fsp3) is 0. The topological polar surface area (TPSA) is 141 Å². The number of pyridine rings is 3. The highest BCUT2D eigenvalue weighted by Gasteiger charge is 2.06. The molecule has 0 amide bonds. The first-order chi connectivity index (χ1) is 15.0. The zero-order chi connectivity index (χ0) is 23.5. The summed E-state index contributed by atoms with van der Waals surface area (Å²) in [5.74, 6) is 0. The average molecular weight is 417 g/mol. The normalized spacial score (nSPS) is 8.00. The predicted octanol–water partition coefficient (Wildman–Crippen LogP) is 2.74. The van der Waals surface area contributed by atoms with Gasteiger partial charge in [-0.15, -0.1) is 0 Å². The van der Waals surface area contributed by atoms with Crippen molar-refractivity contribution in [2.75, 3.05) is 0 Å². The molecule has 0 bridgehead atoms. The Kier molecular flexibility index (Phi) is 13.5. The molecule has 0 N–H and O–H groups in total. The van der Waals surface area contributed by atoms with Crippen molar-refractivity contribution in [3.8, 4) is 22.8 Å². The molecule has 3 aromatic heterocycles. The molecule has 0 aliphatic rings. The van der Waals surface area contributed by atoms with Crippen LogP contribution >= 0.6 is 0 Å². The van der Waals surface area contributed by atoms with Crippen LogP contribution in [0.2, 0.25) is 0 Å². The first-order valence-corrected chi connectivity index (χ1v) is 8.17. The number of nitrogens with zero attached hydrogens (tertiary/aromatic N) is 3. The minimum absolute atomic E-state index is 0.250. The zero-order valence-corrected chi connectivity index (χ0v) is 16.1. The van der Waals surface area contributed by atoms with Crippen LogP contribution in [-0.2, 0) is 28.8 Å². The molecule has 154 valence electrons. The summed E-state index contributed by atoms with van der Waals surface area (Å²) in [6, 6.07) is 13.6. The van der Waals surface area contributed by atoms with Gasteiger partial charge in [0.1, 0.15) is 0 Å². The van der Waals surface area contributed by atoms with Crippen LogP contribution in [0.1, 0.15) is 11.1 Å². The molecule has 3 aromatic rings. The molecule has 0 aliphatic carbocycles. The van der Waals surface area contributed by atoms with Gasteiger partial charge in [0.05, 0.1) is 22.8 Å². The summed E-state index contributed by atoms with van der Waals surface area (Å²) in [5.41, 5.74) is 5.30. The van der Waals surface area contributed by atoms with Crippen LogP contribution in [0.3, 0.4) is 0 Å². The van der Waals surface area contributed by atoms with Crippen LogP contribution in [0.4, 0.5) is 0 Å². The zero-order valence-electron chi connectivity index (χ0n) is 16.1. The van der Waals surface area contributed by atoms with Crippen LogP contribution in [0.15, 0.2) is 68.0 Å². The lowest BCUT2D eigenvalue weighted by atomic mass is 10.1. The molecule has 0 unspecified atom stereocenters. The van der Waals surface area contributed by atoms with Gasteiger partial charge in [-0.25, -0.2) is 4.98 Å². The number of carbonyl (C=O) groups excluding carboxylic acids is 6. The number of hydrogen-bond donors (Lipinski definition) is 0. The van der Waals surface area contributed by atoms with E-state index in [2.05, 4.69) is 28.1 Å². The minimum atomic E-state index is 0.250. The maximum absolute atomic E-state index is 8.12. The molecular weight excluding hydrogens is 402 g/mol. The third-order valence-electron chi connectivity index (χ3n) is 3.31. The van der Waals surface area contributed by atoms with Crippen molar-refractivity contribution < 1.29 is 28.8 Å². The van der Waals surface area contributed by atoms with Crippen molar-refractivity contribution >= 4 is 30.6 Å². The second-order valence-electron chi connectivity index (χ2n) is 5.02. The molecule has 0 aliphatic heterocycles. The van der Waals surface area contributed by atoms with Gasteiger partial charge in [0.15, 0.2) is 0 Å². The van der Waals surface area contributed by atoms with Crippen LogP contribution < -0.4 is 0 Å². The Morgan fingerprint density at radius 3 is 1.29 bits per heavy atom. The van der Waals surface area contributed by atoms with Gasteiger partial charge in [-0.05, 0) is 47.5 Å². The van der Waals surface area contributed by atoms with E-state index in [-0.39, 0.29) is 18.5 Å². The van der Waals surface area contributed by atoms with E-state index in [9.17, 15) is 0 Å². The van der Waals surface area contributed by atoms with Gasteiger partial charge in [0, 0.05) is 12.4 Å². The monoisotopic (exact) mass is 417 g/mol. The van der Waals surface area contributed by atoms with Gasteiger partial charge in [-0.3, -0.25) is 9.97 Å². The summed E-state index contributed by atoms with van der Waals surface area (Å²) >= 11 is 0. The smallest absolute Gasteiger partial charge is 0.255 e. The molecule has 0 aromatic carbocycles. The molecule has 9 nitrogen and oxygen atoms in total. The van der Waals surface area contributed by atoms with Crippen molar-refractivity contribution in [3.05, 3.63) is 79.1 Å². The Bertz CT molecular complexity index is 1010. The maximum atomic E-state index is 8.12. The quantitative estimate of drug-likeness (QED) is 0.626. The van der Waals surface area contributed by atoms with Crippen molar-refractivity contribution in [1.29, 1.82) is 0 Å². The average Bonchev–Trinajstić information content (AvgIpc) is 2.81. The highest BCUT2D eigenvalue weighted by atomic mass is 16.2. The molecule has 31 heavy (non-hydrogen) atoms. The van der Waals surface area contributed by atoms with Gasteiger partial charge >= 0.3 is 18.5 Å². The van der Waals surface area contributed by atoms with Gasteiger partial charge < -0.3 is 0 Å². The second-order valence-corrected chi connectivity index (χ2v) is 5.02. The minimum Gasteiger partial charge on any atom is -0.255 e. The lowest BCUT2D eigenvalue weighted by Crippen LogP contribution is -1.92. The second kappa shape index (κ2) is 16.1. The van der Waals surface area contributed by atoms with E-state index in [1.165, 1.54) is 0 Å². The van der Waals surface area contributed by atoms with Crippen LogP contribution in [-0.4, -0.2) is 33.4 Å². The highest BCUT2D eigenvalue weighted by molar-refractivity contribution is 5.65. The summed E-state index contributed by atoms with van der Waals surface area (Å²) in [5, 5.41) is 0. The number of aromatic nitrogens is 3. The number of rotatable bonds is 4. The molecule has 9 heteroatoms. The van der Waals surface area contributed by atoms with Gasteiger partial charge in [0.25, 0.3) is 0 Å². The van der Waals surface area contributed by atoms with E-state index in [1.54, 1.807) is 24.5 Å². The first-order valence-electron chi connectivity index (χ1n) is 8.17. The van der Waals surface area contributed by atoms with Crippen LogP contribution in [0.25, 0.3) is 34.9 Å². The van der Waals surface area contributed by atoms with Crippen LogP contribution in [0, 0.1) is 0 Å². The molecule has 3 rings (SSSR count). The van der Waals surface area contributed by atoms with E-state index in [0.717, 1.165) is 33.9 Å². The van der Waals surface area contributed by atoms with Gasteiger partial charge in [-0.1, -0.05) is 31.4 Å². The number of hydrogen-bond acceptors (Lipinski definition) is 9. The Labute approximate surface area is 176 Å². The largest absolute Gasteiger partial charge is 0.373 e. The van der Waals surface area contributed by atoms with E-state index in [0.29, 0.717) is 0 Å². The Hall–Kier alpha value is -4.93. The standard InChI is InChI=1S/C19H15N3.3CO2/c1-3-14-8-10-20-18(12-14)16-6-5-7-17(22-16)19-13-15(4-2)9-11-21-19;3*2-1-3/h3-13H,1-2H2;;;. The van der Waals surface area contributed by atoms with Gasteiger partial charge in [-0.2, -0.15) is 28.8 Å². The molecular formula is C22H15N3O6. The van der Waals surface area contributed by atoms with E-state index in [1.807, 2.05) is 42.5 Å². The summed E-state index contributed by atoms with van der Waals surface area (Å²) in [6.07, 6.45) is 7.86. The summed E-state index contributed by atoms with van der Waals surface area (Å²) in [7, 11) is 0. The lowest BCUT2D eigenvalue weighted by molar-refractivity contribution is -0.193. The van der Waals surface area contributed by atoms with Gasteiger partial charge in [0.2, 0.25) is 0 Å². The van der Waals surface area contributed by atoms with Crippen molar-refractivity contribution in [1.82, 2.24) is 15.0 Å². The molecule has 0 spiro atoms. The van der Waals surface area contributed by atoms with Crippen molar-refractivity contribution in [2.24, 2.45) is 0 Å². The molecule has 0 fully saturated rings. The Morgan fingerprint density at radius 2 is 0.968 bits per heavy atom. The molecule has 3 heterocycles. The molecule has 0 saturated heterocycles. The van der Waals surface area contributed by atoms with Crippen molar-refractivity contribution in [3.63, 3.8) is 0 Å². The van der Waals surface area contributed by atoms with E-state index >= 15 is 0 Å². The predicted molar refractivity (Wildman–Crippen MR) is 106 cm³/mol. The highest BCUT2D eigenvalue weighted by Crippen LogP contribution is 2.21. The van der Waals surface area contributed by atoms with E-state index < -0.39 is 0 Å². The van der Waals surface area contributed by atoms with Crippen molar-refractivity contribution in [2.45, 2.75) is 0 Å². The third-order valence-corrected chi connectivity index (χ3v) is 3.31. The fourth-order valence-corrected chi connectivity index (χ4v) is 2.15. The maximum Gasteiger partial charge on any atom is 0.373 e. The third kappa shape index (κ3) is 9.71. The summed E-state index contributed by atoms with van der Waals surface area (Å²) in [6.45, 7) is 7.56. The molecule has 0 atom stereocenters. The first kappa shape index (κ1) is 26.1. The van der Waals surface area contributed by atoms with E-state index in [4.69, 9.17) is 28.8 Å². The molecule has 0 radical (unpaired) electrons. The fourth-order valence-electron chi connectivity index (χ4n) is 2.15. The summed E-state index contributed by atoms with van der Waals surface area (Å²) in [4.78, 5) is 62.2.